The summed E-state index contributed by atoms with van der Waals surface area (Å²) in [5.74, 6) is 0. The maximum atomic E-state index is 11.3. The largest absolute Gasteiger partial charge is 0.443 e. The third-order valence-corrected chi connectivity index (χ3v) is 2.09. The van der Waals surface area contributed by atoms with E-state index in [1.807, 2.05) is 27.7 Å². The summed E-state index contributed by atoms with van der Waals surface area (Å²) < 4.78 is 5.09. The highest BCUT2D eigenvalue weighted by Gasteiger charge is 2.21. The molecular weight excluding hydrogens is 192 g/mol. The third kappa shape index (κ3) is 7.19. The summed E-state index contributed by atoms with van der Waals surface area (Å²) in [6, 6.07) is 0.171. The van der Waals surface area contributed by atoms with Gasteiger partial charge in [-0.2, -0.15) is 0 Å². The molecular formula is C11H24N2O2. The molecule has 0 bridgehead atoms. The molecule has 1 atom stereocenters. The van der Waals surface area contributed by atoms with E-state index in [0.29, 0.717) is 0 Å². The van der Waals surface area contributed by atoms with Crippen LogP contribution in [0.5, 0.6) is 0 Å². The number of hydrogen-bond donors (Lipinski definition) is 2. The van der Waals surface area contributed by atoms with E-state index in [1.165, 1.54) is 0 Å². The molecule has 0 aromatic carbocycles. The molecule has 0 radical (unpaired) electrons. The molecule has 0 aromatic rings. The van der Waals surface area contributed by atoms with Gasteiger partial charge in [-0.25, -0.2) is 10.2 Å². The average Bonchev–Trinajstić information content (AvgIpc) is 1.94. The monoisotopic (exact) mass is 216 g/mol. The molecule has 0 heterocycles. The SMILES string of the molecule is C[C@H](NNC(=O)OC(C)(C)C)C(C)(C)C. The zero-order valence-electron chi connectivity index (χ0n) is 10.9. The molecule has 1 amide bonds. The highest BCUT2D eigenvalue weighted by Crippen LogP contribution is 2.17. The van der Waals surface area contributed by atoms with E-state index in [0.717, 1.165) is 0 Å². The Morgan fingerprint density at radius 2 is 1.60 bits per heavy atom. The van der Waals surface area contributed by atoms with E-state index >= 15 is 0 Å². The summed E-state index contributed by atoms with van der Waals surface area (Å²) in [5, 5.41) is 0. The minimum Gasteiger partial charge on any atom is -0.443 e. The van der Waals surface area contributed by atoms with E-state index in [1.54, 1.807) is 0 Å². The lowest BCUT2D eigenvalue weighted by Crippen LogP contribution is -2.49. The predicted molar refractivity (Wildman–Crippen MR) is 61.4 cm³/mol. The Bertz CT molecular complexity index is 214. The molecule has 4 heteroatoms. The first-order valence-electron chi connectivity index (χ1n) is 5.27. The molecule has 0 aliphatic heterocycles. The van der Waals surface area contributed by atoms with Crippen molar-refractivity contribution in [2.24, 2.45) is 5.41 Å². The summed E-state index contributed by atoms with van der Waals surface area (Å²) in [5.41, 5.74) is 5.09. The van der Waals surface area contributed by atoms with Gasteiger partial charge in [-0.3, -0.25) is 5.43 Å². The van der Waals surface area contributed by atoms with E-state index in [2.05, 4.69) is 31.6 Å². The first-order valence-corrected chi connectivity index (χ1v) is 5.27. The lowest BCUT2D eigenvalue weighted by molar-refractivity contribution is 0.0474. The normalized spacial score (nSPS) is 14.6. The maximum Gasteiger partial charge on any atom is 0.422 e. The van der Waals surface area contributed by atoms with Crippen LogP contribution in [0.25, 0.3) is 0 Å². The van der Waals surface area contributed by atoms with Crippen LogP contribution in [0.2, 0.25) is 0 Å². The first-order chi connectivity index (χ1) is 6.52. The van der Waals surface area contributed by atoms with Crippen molar-refractivity contribution >= 4 is 6.09 Å². The van der Waals surface area contributed by atoms with Gasteiger partial charge in [0.2, 0.25) is 0 Å². The number of amides is 1. The van der Waals surface area contributed by atoms with Crippen molar-refractivity contribution in [2.75, 3.05) is 0 Å². The van der Waals surface area contributed by atoms with Crippen LogP contribution in [-0.2, 0) is 4.74 Å². The fourth-order valence-electron chi connectivity index (χ4n) is 0.687. The molecule has 0 spiro atoms. The van der Waals surface area contributed by atoms with Crippen LogP contribution in [0.4, 0.5) is 4.79 Å². The van der Waals surface area contributed by atoms with Crippen LogP contribution in [0.3, 0.4) is 0 Å². The Morgan fingerprint density at radius 3 is 1.93 bits per heavy atom. The molecule has 2 N–H and O–H groups in total. The van der Waals surface area contributed by atoms with Crippen LogP contribution in [0.1, 0.15) is 48.5 Å². The van der Waals surface area contributed by atoms with Crippen molar-refractivity contribution in [3.63, 3.8) is 0 Å². The highest BCUT2D eigenvalue weighted by molar-refractivity contribution is 5.67. The van der Waals surface area contributed by atoms with Crippen LogP contribution in [0, 0.1) is 5.41 Å². The topological polar surface area (TPSA) is 50.4 Å². The molecule has 0 aliphatic rings. The smallest absolute Gasteiger partial charge is 0.422 e. The second-order valence-corrected chi connectivity index (χ2v) is 5.86. The van der Waals surface area contributed by atoms with Crippen molar-refractivity contribution in [2.45, 2.75) is 60.1 Å². The van der Waals surface area contributed by atoms with E-state index in [4.69, 9.17) is 4.74 Å². The van der Waals surface area contributed by atoms with Crippen molar-refractivity contribution in [3.8, 4) is 0 Å². The Labute approximate surface area is 92.7 Å². The minimum absolute atomic E-state index is 0.0923. The Hall–Kier alpha value is -0.770. The molecule has 0 saturated carbocycles. The summed E-state index contributed by atoms with van der Waals surface area (Å²) in [7, 11) is 0. The van der Waals surface area contributed by atoms with Gasteiger partial charge in [-0.1, -0.05) is 20.8 Å². The van der Waals surface area contributed by atoms with Gasteiger partial charge in [-0.15, -0.1) is 0 Å². The quantitative estimate of drug-likeness (QED) is 0.697. The Balaban J connectivity index is 3.92. The number of hydrazine groups is 1. The third-order valence-electron chi connectivity index (χ3n) is 2.09. The fourth-order valence-corrected chi connectivity index (χ4v) is 0.687. The zero-order chi connectivity index (χ0) is 12.3. The summed E-state index contributed by atoms with van der Waals surface area (Å²) in [6.45, 7) is 13.8. The van der Waals surface area contributed by atoms with Gasteiger partial charge in [0, 0.05) is 6.04 Å². The molecule has 0 saturated heterocycles. The number of nitrogens with one attached hydrogen (secondary N) is 2. The number of rotatable bonds is 2. The molecule has 0 rings (SSSR count). The van der Waals surface area contributed by atoms with Gasteiger partial charge >= 0.3 is 6.09 Å². The number of carbonyl (C=O) groups excluding carboxylic acids is 1. The van der Waals surface area contributed by atoms with Crippen molar-refractivity contribution in [1.29, 1.82) is 0 Å². The van der Waals surface area contributed by atoms with Crippen LogP contribution < -0.4 is 10.9 Å². The summed E-state index contributed by atoms with van der Waals surface area (Å²) >= 11 is 0. The van der Waals surface area contributed by atoms with Crippen LogP contribution >= 0.6 is 0 Å². The van der Waals surface area contributed by atoms with Gasteiger partial charge < -0.3 is 4.74 Å². The Morgan fingerprint density at radius 1 is 1.13 bits per heavy atom. The first kappa shape index (κ1) is 14.2. The molecule has 4 nitrogen and oxygen atoms in total. The summed E-state index contributed by atoms with van der Waals surface area (Å²) in [6.07, 6.45) is -0.446. The molecule has 90 valence electrons. The van der Waals surface area contributed by atoms with Crippen LogP contribution in [-0.4, -0.2) is 17.7 Å². The van der Waals surface area contributed by atoms with Crippen molar-refractivity contribution in [1.82, 2.24) is 10.9 Å². The fraction of sp³-hybridized carbons (Fsp3) is 0.909. The second-order valence-electron chi connectivity index (χ2n) is 5.86. The average molecular weight is 216 g/mol. The van der Waals surface area contributed by atoms with Gasteiger partial charge in [0.05, 0.1) is 0 Å². The predicted octanol–water partition coefficient (Wildman–Crippen LogP) is 2.45. The molecule has 0 aliphatic carbocycles. The van der Waals surface area contributed by atoms with Gasteiger partial charge in [0.1, 0.15) is 5.60 Å². The lowest BCUT2D eigenvalue weighted by Gasteiger charge is -2.28. The van der Waals surface area contributed by atoms with Crippen molar-refractivity contribution in [3.05, 3.63) is 0 Å². The van der Waals surface area contributed by atoms with Crippen molar-refractivity contribution < 1.29 is 9.53 Å². The second kappa shape index (κ2) is 4.84. The van der Waals surface area contributed by atoms with Gasteiger partial charge in [-0.05, 0) is 33.1 Å². The number of hydrogen-bond acceptors (Lipinski definition) is 3. The minimum atomic E-state index is -0.462. The van der Waals surface area contributed by atoms with E-state index in [9.17, 15) is 4.79 Å². The molecule has 0 aromatic heterocycles. The van der Waals surface area contributed by atoms with Crippen LogP contribution in [0.15, 0.2) is 0 Å². The Kier molecular flexibility index (Phi) is 4.59. The number of carbonyl (C=O) groups is 1. The lowest BCUT2D eigenvalue weighted by atomic mass is 9.89. The highest BCUT2D eigenvalue weighted by atomic mass is 16.6. The van der Waals surface area contributed by atoms with Gasteiger partial charge in [0.15, 0.2) is 0 Å². The summed E-state index contributed by atoms with van der Waals surface area (Å²) in [4.78, 5) is 11.3. The molecule has 15 heavy (non-hydrogen) atoms. The van der Waals surface area contributed by atoms with Gasteiger partial charge in [0.25, 0.3) is 0 Å². The number of ether oxygens (including phenoxy) is 1. The molecule has 0 unspecified atom stereocenters. The molecule has 0 fully saturated rings. The zero-order valence-corrected chi connectivity index (χ0v) is 10.9. The van der Waals surface area contributed by atoms with E-state index < -0.39 is 11.7 Å². The standard InChI is InChI=1S/C11H24N2O2/c1-8(10(2,3)4)12-13-9(14)15-11(5,6)7/h8,12H,1-7H3,(H,13,14)/t8-/m0/s1. The van der Waals surface area contributed by atoms with E-state index in [-0.39, 0.29) is 11.5 Å². The maximum absolute atomic E-state index is 11.3.